The standard InChI is InChI=1S/C21H24N2O6S/c1-15(20(24)22-17-8-4-3-5-9-17)29-21(25)16-10-11-18(28-2)19(14-16)30(26,27)23-12-6-7-13-23/h3-5,8-11,14-15H,6-7,12-13H2,1-2H3,(H,22,24)/t15-/m1/s1. The quantitative estimate of drug-likeness (QED) is 0.675. The number of rotatable bonds is 7. The number of esters is 1. The van der Waals surface area contributed by atoms with Crippen LogP contribution in [0.4, 0.5) is 5.69 Å². The number of anilines is 1. The van der Waals surface area contributed by atoms with Crippen molar-refractivity contribution < 1.29 is 27.5 Å². The molecule has 1 saturated heterocycles. The summed E-state index contributed by atoms with van der Waals surface area (Å²) in [5.41, 5.74) is 0.599. The average molecular weight is 432 g/mol. The summed E-state index contributed by atoms with van der Waals surface area (Å²) in [7, 11) is -2.43. The van der Waals surface area contributed by atoms with Gasteiger partial charge in [-0.2, -0.15) is 4.31 Å². The Balaban J connectivity index is 1.76. The number of nitrogens with one attached hydrogen (secondary N) is 1. The zero-order valence-electron chi connectivity index (χ0n) is 16.8. The van der Waals surface area contributed by atoms with Crippen molar-refractivity contribution >= 4 is 27.6 Å². The summed E-state index contributed by atoms with van der Waals surface area (Å²) in [4.78, 5) is 24.7. The van der Waals surface area contributed by atoms with Crippen molar-refractivity contribution in [1.29, 1.82) is 0 Å². The van der Waals surface area contributed by atoms with E-state index in [0.717, 1.165) is 12.8 Å². The normalized spacial score (nSPS) is 15.4. The Labute approximate surface area is 175 Å². The number of sulfonamides is 1. The molecule has 1 N–H and O–H groups in total. The molecule has 9 heteroatoms. The topological polar surface area (TPSA) is 102 Å². The molecule has 1 aliphatic heterocycles. The average Bonchev–Trinajstić information content (AvgIpc) is 3.29. The molecule has 2 aromatic carbocycles. The molecule has 3 rings (SSSR count). The van der Waals surface area contributed by atoms with Crippen molar-refractivity contribution in [2.24, 2.45) is 0 Å². The lowest BCUT2D eigenvalue weighted by Crippen LogP contribution is -2.30. The fraction of sp³-hybridized carbons (Fsp3) is 0.333. The van der Waals surface area contributed by atoms with Gasteiger partial charge in [-0.1, -0.05) is 18.2 Å². The van der Waals surface area contributed by atoms with Crippen molar-refractivity contribution in [3.8, 4) is 5.75 Å². The van der Waals surface area contributed by atoms with Crippen LogP contribution >= 0.6 is 0 Å². The number of benzene rings is 2. The number of amides is 1. The summed E-state index contributed by atoms with van der Waals surface area (Å²) in [6.07, 6.45) is 0.507. The highest BCUT2D eigenvalue weighted by atomic mass is 32.2. The minimum Gasteiger partial charge on any atom is -0.495 e. The van der Waals surface area contributed by atoms with Gasteiger partial charge in [0.15, 0.2) is 6.10 Å². The van der Waals surface area contributed by atoms with E-state index in [9.17, 15) is 18.0 Å². The Morgan fingerprint density at radius 3 is 2.37 bits per heavy atom. The maximum atomic E-state index is 13.0. The van der Waals surface area contributed by atoms with Crippen LogP contribution in [0.5, 0.6) is 5.75 Å². The van der Waals surface area contributed by atoms with E-state index < -0.39 is 28.0 Å². The van der Waals surface area contributed by atoms with Gasteiger partial charge in [0.2, 0.25) is 10.0 Å². The first-order valence-electron chi connectivity index (χ1n) is 9.58. The van der Waals surface area contributed by atoms with Gasteiger partial charge in [0.25, 0.3) is 5.91 Å². The van der Waals surface area contributed by atoms with Gasteiger partial charge in [0.05, 0.1) is 12.7 Å². The van der Waals surface area contributed by atoms with Gasteiger partial charge >= 0.3 is 5.97 Å². The first-order chi connectivity index (χ1) is 14.3. The zero-order chi connectivity index (χ0) is 21.7. The summed E-state index contributed by atoms with van der Waals surface area (Å²) >= 11 is 0. The van der Waals surface area contributed by atoms with Gasteiger partial charge in [-0.15, -0.1) is 0 Å². The maximum absolute atomic E-state index is 13.0. The Hall–Kier alpha value is -2.91. The van der Waals surface area contributed by atoms with Crippen molar-refractivity contribution in [3.05, 3.63) is 54.1 Å². The molecule has 1 atom stereocenters. The van der Waals surface area contributed by atoms with Crippen molar-refractivity contribution in [3.63, 3.8) is 0 Å². The van der Waals surface area contributed by atoms with E-state index in [4.69, 9.17) is 9.47 Å². The molecule has 8 nitrogen and oxygen atoms in total. The van der Waals surface area contributed by atoms with E-state index in [-0.39, 0.29) is 16.2 Å². The minimum absolute atomic E-state index is 0.0212. The third-order valence-electron chi connectivity index (χ3n) is 4.78. The lowest BCUT2D eigenvalue weighted by atomic mass is 10.2. The van der Waals surface area contributed by atoms with Crippen LogP contribution in [0.25, 0.3) is 0 Å². The number of hydrogen-bond acceptors (Lipinski definition) is 6. The van der Waals surface area contributed by atoms with E-state index in [1.54, 1.807) is 24.3 Å². The lowest BCUT2D eigenvalue weighted by molar-refractivity contribution is -0.123. The Kier molecular flexibility index (Phi) is 6.73. The van der Waals surface area contributed by atoms with Crippen molar-refractivity contribution in [1.82, 2.24) is 4.31 Å². The second-order valence-electron chi connectivity index (χ2n) is 6.88. The monoisotopic (exact) mass is 432 g/mol. The van der Waals surface area contributed by atoms with E-state index in [2.05, 4.69) is 5.32 Å². The van der Waals surface area contributed by atoms with E-state index in [1.165, 1.54) is 36.5 Å². The number of hydrogen-bond donors (Lipinski definition) is 1. The molecule has 1 fully saturated rings. The maximum Gasteiger partial charge on any atom is 0.338 e. The van der Waals surface area contributed by atoms with Crippen LogP contribution in [0.15, 0.2) is 53.4 Å². The van der Waals surface area contributed by atoms with Crippen LogP contribution in [0.1, 0.15) is 30.1 Å². The molecule has 0 aliphatic carbocycles. The summed E-state index contributed by atoms with van der Waals surface area (Å²) in [6.45, 7) is 2.30. The molecule has 0 aromatic heterocycles. The fourth-order valence-corrected chi connectivity index (χ4v) is 4.82. The van der Waals surface area contributed by atoms with Crippen molar-refractivity contribution in [2.45, 2.75) is 30.8 Å². The van der Waals surface area contributed by atoms with Gasteiger partial charge in [-0.05, 0) is 50.1 Å². The predicted octanol–water partition coefficient (Wildman–Crippen LogP) is 2.66. The van der Waals surface area contributed by atoms with Gasteiger partial charge in [-0.25, -0.2) is 13.2 Å². The van der Waals surface area contributed by atoms with Crippen LogP contribution in [-0.2, 0) is 19.6 Å². The minimum atomic E-state index is -3.80. The van der Waals surface area contributed by atoms with Gasteiger partial charge in [-0.3, -0.25) is 4.79 Å². The third kappa shape index (κ3) is 4.80. The molecule has 30 heavy (non-hydrogen) atoms. The van der Waals surface area contributed by atoms with Crippen LogP contribution in [-0.4, -0.2) is 50.9 Å². The molecule has 0 spiro atoms. The summed E-state index contributed by atoms with van der Waals surface area (Å²) in [5, 5.41) is 2.65. The van der Waals surface area contributed by atoms with E-state index in [1.807, 2.05) is 6.07 Å². The number of carbonyl (C=O) groups excluding carboxylic acids is 2. The molecule has 2 aromatic rings. The van der Waals surface area contributed by atoms with Crippen LogP contribution < -0.4 is 10.1 Å². The number of ether oxygens (including phenoxy) is 2. The number of nitrogens with zero attached hydrogens (tertiary/aromatic N) is 1. The fourth-order valence-electron chi connectivity index (χ4n) is 3.12. The van der Waals surface area contributed by atoms with E-state index >= 15 is 0 Å². The molecule has 1 heterocycles. The van der Waals surface area contributed by atoms with Gasteiger partial charge in [0.1, 0.15) is 10.6 Å². The molecule has 1 aliphatic rings. The number of para-hydroxylation sites is 1. The first-order valence-corrected chi connectivity index (χ1v) is 11.0. The second kappa shape index (κ2) is 9.27. The summed E-state index contributed by atoms with van der Waals surface area (Å²) < 4.78 is 37.7. The van der Waals surface area contributed by atoms with E-state index in [0.29, 0.717) is 18.8 Å². The molecule has 0 radical (unpaired) electrons. The SMILES string of the molecule is COc1ccc(C(=O)O[C@H](C)C(=O)Nc2ccccc2)cc1S(=O)(=O)N1CCCC1. The Bertz CT molecular complexity index is 1020. The van der Waals surface area contributed by atoms with Gasteiger partial charge in [0, 0.05) is 18.8 Å². The Morgan fingerprint density at radius 2 is 1.73 bits per heavy atom. The summed E-state index contributed by atoms with van der Waals surface area (Å²) in [5.74, 6) is -1.15. The largest absolute Gasteiger partial charge is 0.495 e. The molecule has 0 bridgehead atoms. The molecule has 0 unspecified atom stereocenters. The van der Waals surface area contributed by atoms with Crippen LogP contribution in [0, 0.1) is 0 Å². The molecular formula is C21H24N2O6S. The van der Waals surface area contributed by atoms with Crippen molar-refractivity contribution in [2.75, 3.05) is 25.5 Å². The molecule has 1 amide bonds. The van der Waals surface area contributed by atoms with Crippen LogP contribution in [0.3, 0.4) is 0 Å². The number of carbonyl (C=O) groups is 2. The molecule has 0 saturated carbocycles. The highest BCUT2D eigenvalue weighted by molar-refractivity contribution is 7.89. The number of methoxy groups -OCH3 is 1. The molecular weight excluding hydrogens is 408 g/mol. The highest BCUT2D eigenvalue weighted by Crippen LogP contribution is 2.30. The first kappa shape index (κ1) is 21.8. The molecule has 160 valence electrons. The highest BCUT2D eigenvalue weighted by Gasteiger charge is 2.31. The van der Waals surface area contributed by atoms with Crippen LogP contribution in [0.2, 0.25) is 0 Å². The lowest BCUT2D eigenvalue weighted by Gasteiger charge is -2.18. The smallest absolute Gasteiger partial charge is 0.338 e. The third-order valence-corrected chi connectivity index (χ3v) is 6.70. The predicted molar refractivity (Wildman–Crippen MR) is 111 cm³/mol. The Morgan fingerprint density at radius 1 is 1.07 bits per heavy atom. The second-order valence-corrected chi connectivity index (χ2v) is 8.79. The van der Waals surface area contributed by atoms with Gasteiger partial charge < -0.3 is 14.8 Å². The summed E-state index contributed by atoms with van der Waals surface area (Å²) in [6, 6.07) is 12.8. The zero-order valence-corrected chi connectivity index (χ0v) is 17.6.